The summed E-state index contributed by atoms with van der Waals surface area (Å²) in [5.74, 6) is -0.349. The molecular weight excluding hydrogens is 604 g/mol. The van der Waals surface area contributed by atoms with E-state index >= 15 is 0 Å². The van der Waals surface area contributed by atoms with Crippen molar-refractivity contribution in [3.63, 3.8) is 0 Å². The van der Waals surface area contributed by atoms with E-state index in [0.29, 0.717) is 29.0 Å². The first-order valence-corrected chi connectivity index (χ1v) is 16.0. The van der Waals surface area contributed by atoms with Gasteiger partial charge in [0.25, 0.3) is 0 Å². The summed E-state index contributed by atoms with van der Waals surface area (Å²) in [5.41, 5.74) is 0.758. The van der Waals surface area contributed by atoms with Crippen LogP contribution >= 0.6 is 21.6 Å². The molecule has 6 N–H and O–H groups in total. The topological polar surface area (TPSA) is 206 Å². The molecule has 0 aliphatic carbocycles. The number of anilines is 1. The van der Waals surface area contributed by atoms with E-state index in [1.165, 1.54) is 0 Å². The van der Waals surface area contributed by atoms with Gasteiger partial charge in [0.15, 0.2) is 12.1 Å². The van der Waals surface area contributed by atoms with Crippen molar-refractivity contribution in [2.45, 2.75) is 70.2 Å². The number of fused-ring (bicyclic) bond motifs is 3. The number of imidazole rings is 1. The Kier molecular flexibility index (Phi) is 11.2. The zero-order valence-electron chi connectivity index (χ0n) is 23.9. The molecule has 43 heavy (non-hydrogen) atoms. The molecule has 16 heteroatoms. The predicted octanol–water partition coefficient (Wildman–Crippen LogP) is 0.555. The Bertz CT molecular complexity index is 1430. The number of aliphatic hydroxyl groups is 5. The highest BCUT2D eigenvalue weighted by Gasteiger charge is 2.43. The quantitative estimate of drug-likeness (QED) is 0.0858. The number of carbonyl (C=O) groups excluding carboxylic acids is 2. The van der Waals surface area contributed by atoms with Crippen LogP contribution in [0.2, 0.25) is 0 Å². The fraction of sp³-hybridized carbons (Fsp3) is 0.556. The van der Waals surface area contributed by atoms with E-state index in [9.17, 15) is 35.1 Å². The minimum absolute atomic E-state index is 0.0230. The smallest absolute Gasteiger partial charge is 0.316 e. The molecule has 14 nitrogen and oxygen atoms in total. The van der Waals surface area contributed by atoms with Gasteiger partial charge in [-0.15, -0.1) is 0 Å². The number of hydrogen-bond acceptors (Lipinski definition) is 14. The number of aliphatic hydroxyl groups excluding tert-OH is 4. The van der Waals surface area contributed by atoms with Gasteiger partial charge in [-0.05, 0) is 26.8 Å². The number of nitrogens with zero attached hydrogens (tertiary/aromatic N) is 3. The van der Waals surface area contributed by atoms with Gasteiger partial charge in [-0.1, -0.05) is 39.8 Å². The fourth-order valence-electron chi connectivity index (χ4n) is 4.47. The van der Waals surface area contributed by atoms with Crippen molar-refractivity contribution < 1.29 is 49.3 Å². The van der Waals surface area contributed by atoms with E-state index in [0.717, 1.165) is 27.0 Å². The van der Waals surface area contributed by atoms with Crippen molar-refractivity contribution in [3.8, 4) is 0 Å². The number of hydrogen-bond donors (Lipinski definition) is 6. The average molecular weight is 641 g/mol. The zero-order chi connectivity index (χ0) is 31.3. The normalized spacial score (nSPS) is 22.7. The number of para-hydroxylation sites is 1. The molecule has 3 aromatic rings. The van der Waals surface area contributed by atoms with Crippen molar-refractivity contribution in [1.82, 2.24) is 14.5 Å². The second kappa shape index (κ2) is 14.5. The van der Waals surface area contributed by atoms with Gasteiger partial charge in [0.1, 0.15) is 54.7 Å². The first-order valence-electron chi connectivity index (χ1n) is 13.5. The third-order valence-electron chi connectivity index (χ3n) is 6.45. The minimum Gasteiger partial charge on any atom is -0.462 e. The first-order chi connectivity index (χ1) is 20.4. The molecule has 1 fully saturated rings. The van der Waals surface area contributed by atoms with Crippen molar-refractivity contribution in [3.05, 3.63) is 30.1 Å². The second-order valence-corrected chi connectivity index (χ2v) is 13.0. The monoisotopic (exact) mass is 640 g/mol. The van der Waals surface area contributed by atoms with Gasteiger partial charge in [0, 0.05) is 12.0 Å². The minimum atomic E-state index is -1.73. The lowest BCUT2D eigenvalue weighted by Crippen LogP contribution is -2.58. The molecule has 1 aliphatic rings. The van der Waals surface area contributed by atoms with Gasteiger partial charge in [-0.2, -0.15) is 0 Å². The molecule has 1 amide bonds. The van der Waals surface area contributed by atoms with Crippen LogP contribution in [0.15, 0.2) is 24.3 Å². The summed E-state index contributed by atoms with van der Waals surface area (Å²) in [6, 6.07) is 7.45. The SMILES string of the molecule is CCOCc1nc2c(NC(=O)CSSCC(=O)OC[C@H]3O[C@@H](O)[C@@H](O)[C@@H](O)[C@@H]3O)nc3ccccc3c2n1CC(C)(C)O. The number of nitrogens with one attached hydrogen (secondary N) is 1. The van der Waals surface area contributed by atoms with E-state index in [1.807, 2.05) is 35.8 Å². The number of amides is 1. The molecule has 2 aromatic heterocycles. The lowest BCUT2D eigenvalue weighted by molar-refractivity contribution is -0.287. The van der Waals surface area contributed by atoms with Gasteiger partial charge in [-0.25, -0.2) is 9.97 Å². The summed E-state index contributed by atoms with van der Waals surface area (Å²) in [5, 5.41) is 53.0. The average Bonchev–Trinajstić information content (AvgIpc) is 3.31. The standard InChI is InChI=1S/C27H36N4O10S2/c1-4-39-10-17-29-20-21(31(17)13-27(2,3)38)14-7-5-6-8-15(14)28-25(20)30-18(32)11-42-43-12-19(33)40-9-16-22(34)23(35)24(36)26(37)41-16/h5-8,16,22-24,26,34-38H,4,9-13H2,1-3H3,(H,28,30,32)/t16-,22-,23+,24+,26-/m1/s1. The van der Waals surface area contributed by atoms with E-state index in [4.69, 9.17) is 19.2 Å². The van der Waals surface area contributed by atoms with Crippen LogP contribution in [0.25, 0.3) is 21.9 Å². The molecule has 0 bridgehead atoms. The van der Waals surface area contributed by atoms with Crippen LogP contribution in [0, 0.1) is 0 Å². The highest BCUT2D eigenvalue weighted by atomic mass is 33.1. The Hall–Kier alpha value is -2.54. The second-order valence-electron chi connectivity index (χ2n) is 10.5. The van der Waals surface area contributed by atoms with E-state index in [-0.39, 0.29) is 36.4 Å². The molecule has 1 saturated heterocycles. The lowest BCUT2D eigenvalue weighted by Gasteiger charge is -2.37. The Labute approximate surface area is 255 Å². The molecule has 5 atom stereocenters. The molecule has 0 saturated carbocycles. The molecule has 0 unspecified atom stereocenters. The molecule has 0 radical (unpaired) electrons. The molecule has 0 spiro atoms. The lowest BCUT2D eigenvalue weighted by atomic mass is 9.99. The molecule has 3 heterocycles. The Morgan fingerprint density at radius 3 is 2.51 bits per heavy atom. The summed E-state index contributed by atoms with van der Waals surface area (Å²) < 4.78 is 17.5. The summed E-state index contributed by atoms with van der Waals surface area (Å²) in [6.07, 6.45) is -7.82. The number of rotatable bonds is 13. The Morgan fingerprint density at radius 1 is 1.07 bits per heavy atom. The van der Waals surface area contributed by atoms with Crippen molar-refractivity contribution in [2.24, 2.45) is 0 Å². The van der Waals surface area contributed by atoms with Crippen LogP contribution in [0.1, 0.15) is 26.6 Å². The van der Waals surface area contributed by atoms with E-state index < -0.39 is 48.9 Å². The Morgan fingerprint density at radius 2 is 1.79 bits per heavy atom. The van der Waals surface area contributed by atoms with Gasteiger partial charge >= 0.3 is 5.97 Å². The predicted molar refractivity (Wildman–Crippen MR) is 160 cm³/mol. The number of ether oxygens (including phenoxy) is 3. The maximum atomic E-state index is 12.9. The molecule has 4 rings (SSSR count). The first kappa shape index (κ1) is 33.4. The molecule has 1 aromatic carbocycles. The van der Waals surface area contributed by atoms with Crippen LogP contribution in [0.4, 0.5) is 5.82 Å². The summed E-state index contributed by atoms with van der Waals surface area (Å²) in [7, 11) is 2.18. The number of aromatic nitrogens is 3. The van der Waals surface area contributed by atoms with E-state index in [2.05, 4.69) is 10.3 Å². The number of pyridine rings is 1. The van der Waals surface area contributed by atoms with Crippen molar-refractivity contribution in [2.75, 3.05) is 30.0 Å². The number of benzene rings is 1. The largest absolute Gasteiger partial charge is 0.462 e. The summed E-state index contributed by atoms with van der Waals surface area (Å²) in [6.45, 7) is 5.76. The van der Waals surface area contributed by atoms with Gasteiger partial charge in [0.2, 0.25) is 5.91 Å². The van der Waals surface area contributed by atoms with E-state index in [1.54, 1.807) is 13.8 Å². The van der Waals surface area contributed by atoms with Crippen LogP contribution in [-0.4, -0.2) is 113 Å². The van der Waals surface area contributed by atoms with Crippen molar-refractivity contribution in [1.29, 1.82) is 0 Å². The van der Waals surface area contributed by atoms with Gasteiger partial charge in [0.05, 0.1) is 28.9 Å². The molecule has 1 aliphatic heterocycles. The third kappa shape index (κ3) is 8.34. The summed E-state index contributed by atoms with van der Waals surface area (Å²) >= 11 is 0. The van der Waals surface area contributed by atoms with Gasteiger partial charge in [-0.3, -0.25) is 9.59 Å². The molecular formula is C27H36N4O10S2. The highest BCUT2D eigenvalue weighted by molar-refractivity contribution is 8.77. The highest BCUT2D eigenvalue weighted by Crippen LogP contribution is 2.32. The van der Waals surface area contributed by atoms with Crippen LogP contribution in [0.5, 0.6) is 0 Å². The van der Waals surface area contributed by atoms with Crippen molar-refractivity contribution >= 4 is 61.2 Å². The zero-order valence-corrected chi connectivity index (χ0v) is 25.5. The third-order valence-corrected chi connectivity index (χ3v) is 8.55. The van der Waals surface area contributed by atoms with Crippen LogP contribution < -0.4 is 5.32 Å². The molecule has 236 valence electrons. The Balaban J connectivity index is 1.38. The summed E-state index contributed by atoms with van der Waals surface area (Å²) in [4.78, 5) is 34.4. The fourth-order valence-corrected chi connectivity index (χ4v) is 6.10. The number of esters is 1. The van der Waals surface area contributed by atoms with Gasteiger partial charge < -0.3 is 49.6 Å². The maximum Gasteiger partial charge on any atom is 0.316 e. The maximum absolute atomic E-state index is 12.9. The van der Waals surface area contributed by atoms with Crippen LogP contribution in [0.3, 0.4) is 0 Å². The van der Waals surface area contributed by atoms with Crippen LogP contribution in [-0.2, 0) is 37.0 Å². The number of carbonyl (C=O) groups is 2.